The molecule has 0 unspecified atom stereocenters. The van der Waals surface area contributed by atoms with Crippen LogP contribution < -0.4 is 10.0 Å². The van der Waals surface area contributed by atoms with Gasteiger partial charge in [0.25, 0.3) is 12.3 Å². The maximum atomic E-state index is 13.4. The van der Waals surface area contributed by atoms with Gasteiger partial charge in [0.05, 0.1) is 15.6 Å². The lowest BCUT2D eigenvalue weighted by atomic mass is 9.71. The molecule has 0 aromatic heterocycles. The highest BCUT2D eigenvalue weighted by molar-refractivity contribution is 7.89. The Labute approximate surface area is 194 Å². The van der Waals surface area contributed by atoms with Crippen LogP contribution in [-0.4, -0.2) is 38.0 Å². The largest absolute Gasteiger partial charge is 0.384 e. The maximum Gasteiger partial charge on any atom is 0.266 e. The summed E-state index contributed by atoms with van der Waals surface area (Å²) in [5.74, 6) is -6.48. The van der Waals surface area contributed by atoms with Crippen molar-refractivity contribution in [3.8, 4) is 0 Å². The number of nitrogens with one attached hydrogen (secondary N) is 2. The van der Waals surface area contributed by atoms with Gasteiger partial charge in [0.1, 0.15) is 10.5 Å². The Kier molecular flexibility index (Phi) is 7.25. The number of anilines is 1. The zero-order chi connectivity index (χ0) is 24.7. The van der Waals surface area contributed by atoms with Crippen molar-refractivity contribution in [1.82, 2.24) is 4.72 Å². The predicted octanol–water partition coefficient (Wildman–Crippen LogP) is 4.35. The number of amides is 1. The molecule has 180 valence electrons. The van der Waals surface area contributed by atoms with E-state index in [4.69, 9.17) is 23.2 Å². The van der Waals surface area contributed by atoms with E-state index in [2.05, 4.69) is 10.0 Å². The topological polar surface area (TPSA) is 95.5 Å². The van der Waals surface area contributed by atoms with Crippen LogP contribution in [0, 0.1) is 23.4 Å². The van der Waals surface area contributed by atoms with Crippen molar-refractivity contribution in [2.24, 2.45) is 5.92 Å². The van der Waals surface area contributed by atoms with E-state index in [9.17, 15) is 40.3 Å². The Hall–Kier alpha value is -1.99. The highest BCUT2D eigenvalue weighted by atomic mass is 35.5. The minimum atomic E-state index is -4.34. The average molecular weight is 533 g/mol. The molecule has 0 aliphatic heterocycles. The first-order valence-corrected chi connectivity index (χ1v) is 11.4. The molecule has 14 heteroatoms. The summed E-state index contributed by atoms with van der Waals surface area (Å²) < 4.78 is 92.6. The Balaban J connectivity index is 1.78. The van der Waals surface area contributed by atoms with E-state index < -0.39 is 67.5 Å². The number of hydrogen-bond donors (Lipinski definition) is 3. The Bertz CT molecular complexity index is 1180. The van der Waals surface area contributed by atoms with Gasteiger partial charge in [0.15, 0.2) is 17.5 Å². The average Bonchev–Trinajstić information content (AvgIpc) is 2.67. The third-order valence-electron chi connectivity index (χ3n) is 5.05. The Morgan fingerprint density at radius 1 is 1.09 bits per heavy atom. The molecule has 0 spiro atoms. The number of carbonyl (C=O) groups excluding carboxylic acids is 1. The SMILES string of the molecule is O=C(Nc1cc(F)c(F)c(F)c1)c1cc(S(=O)(=O)NCC2CC(O)(C(F)F)C2)c(Cl)cc1Cl. The van der Waals surface area contributed by atoms with E-state index in [0.29, 0.717) is 12.1 Å². The summed E-state index contributed by atoms with van der Waals surface area (Å²) in [5.41, 5.74) is -3.04. The number of carbonyl (C=O) groups is 1. The number of aliphatic hydroxyl groups is 1. The smallest absolute Gasteiger partial charge is 0.266 e. The Morgan fingerprint density at radius 2 is 1.67 bits per heavy atom. The molecule has 1 aliphatic carbocycles. The summed E-state index contributed by atoms with van der Waals surface area (Å²) >= 11 is 11.9. The van der Waals surface area contributed by atoms with Crippen LogP contribution in [0.2, 0.25) is 10.0 Å². The van der Waals surface area contributed by atoms with Gasteiger partial charge < -0.3 is 10.4 Å². The molecular weight excluding hydrogens is 518 g/mol. The standard InChI is InChI=1S/C19H15Cl2F5N2O4S/c20-11-4-12(21)15(33(31,32)27-7-8-5-19(30,6-8)18(25)26)3-10(11)17(29)28-9-1-13(22)16(24)14(23)2-9/h1-4,8,18,27,30H,5-7H2,(H,28,29). The molecule has 0 atom stereocenters. The second-order valence-corrected chi connectivity index (χ2v) is 10.1. The number of hydrogen-bond acceptors (Lipinski definition) is 4. The lowest BCUT2D eigenvalue weighted by Gasteiger charge is -2.42. The molecule has 6 nitrogen and oxygen atoms in total. The quantitative estimate of drug-likeness (QED) is 0.365. The normalized spacial score (nSPS) is 20.6. The molecule has 3 N–H and O–H groups in total. The fourth-order valence-corrected chi connectivity index (χ4v) is 5.28. The molecule has 2 aromatic carbocycles. The predicted molar refractivity (Wildman–Crippen MR) is 110 cm³/mol. The van der Waals surface area contributed by atoms with E-state index in [1.54, 1.807) is 0 Å². The van der Waals surface area contributed by atoms with E-state index in [1.807, 2.05) is 0 Å². The van der Waals surface area contributed by atoms with Crippen molar-refractivity contribution >= 4 is 44.8 Å². The van der Waals surface area contributed by atoms with E-state index >= 15 is 0 Å². The van der Waals surface area contributed by atoms with Gasteiger partial charge in [-0.3, -0.25) is 4.79 Å². The van der Waals surface area contributed by atoms with Crippen molar-refractivity contribution in [2.75, 3.05) is 11.9 Å². The van der Waals surface area contributed by atoms with Crippen LogP contribution in [0.25, 0.3) is 0 Å². The number of rotatable bonds is 7. The molecule has 3 rings (SSSR count). The molecule has 1 aliphatic rings. The van der Waals surface area contributed by atoms with Crippen LogP contribution >= 0.6 is 23.2 Å². The van der Waals surface area contributed by atoms with Crippen LogP contribution in [0.4, 0.5) is 27.6 Å². The summed E-state index contributed by atoms with van der Waals surface area (Å²) in [7, 11) is -4.34. The fraction of sp³-hybridized carbons (Fsp3) is 0.316. The molecule has 0 radical (unpaired) electrons. The summed E-state index contributed by atoms with van der Waals surface area (Å²) in [6, 6.07) is 2.79. The second kappa shape index (κ2) is 9.34. The van der Waals surface area contributed by atoms with Gasteiger partial charge in [0.2, 0.25) is 10.0 Å². The van der Waals surface area contributed by atoms with Gasteiger partial charge >= 0.3 is 0 Å². The third kappa shape index (κ3) is 5.40. The first-order valence-electron chi connectivity index (χ1n) is 9.18. The number of alkyl halides is 2. The van der Waals surface area contributed by atoms with Gasteiger partial charge in [-0.25, -0.2) is 35.1 Å². The van der Waals surface area contributed by atoms with Gasteiger partial charge in [-0.2, -0.15) is 0 Å². The first kappa shape index (κ1) is 25.6. The van der Waals surface area contributed by atoms with Gasteiger partial charge in [-0.1, -0.05) is 23.2 Å². The molecule has 1 fully saturated rings. The van der Waals surface area contributed by atoms with Crippen molar-refractivity contribution in [3.63, 3.8) is 0 Å². The molecule has 0 saturated heterocycles. The summed E-state index contributed by atoms with van der Waals surface area (Å²) in [5, 5.41) is 11.0. The van der Waals surface area contributed by atoms with Crippen LogP contribution in [-0.2, 0) is 10.0 Å². The van der Waals surface area contributed by atoms with Gasteiger partial charge in [-0.05, 0) is 30.9 Å². The lowest BCUT2D eigenvalue weighted by Crippen LogP contribution is -2.52. The van der Waals surface area contributed by atoms with Crippen molar-refractivity contribution in [2.45, 2.75) is 29.8 Å². The minimum absolute atomic E-state index is 0.272. The highest BCUT2D eigenvalue weighted by Crippen LogP contribution is 2.42. The third-order valence-corrected chi connectivity index (χ3v) is 7.25. The summed E-state index contributed by atoms with van der Waals surface area (Å²) in [6.07, 6.45) is -3.57. The minimum Gasteiger partial charge on any atom is -0.384 e. The summed E-state index contributed by atoms with van der Waals surface area (Å²) in [4.78, 5) is 11.9. The lowest BCUT2D eigenvalue weighted by molar-refractivity contribution is -0.166. The Morgan fingerprint density at radius 3 is 2.21 bits per heavy atom. The van der Waals surface area contributed by atoms with E-state index in [0.717, 1.165) is 12.1 Å². The number of halogens is 7. The van der Waals surface area contributed by atoms with Gasteiger partial charge in [-0.15, -0.1) is 0 Å². The van der Waals surface area contributed by atoms with Crippen molar-refractivity contribution < 1.29 is 40.3 Å². The van der Waals surface area contributed by atoms with E-state index in [1.165, 1.54) is 0 Å². The zero-order valence-electron chi connectivity index (χ0n) is 16.3. The number of sulfonamides is 1. The van der Waals surface area contributed by atoms with Crippen molar-refractivity contribution in [1.29, 1.82) is 0 Å². The van der Waals surface area contributed by atoms with Crippen LogP contribution in [0.3, 0.4) is 0 Å². The summed E-state index contributed by atoms with van der Waals surface area (Å²) in [6.45, 7) is -0.272. The molecule has 0 bridgehead atoms. The zero-order valence-corrected chi connectivity index (χ0v) is 18.6. The van der Waals surface area contributed by atoms with Crippen LogP contribution in [0.1, 0.15) is 23.2 Å². The molecule has 1 saturated carbocycles. The second-order valence-electron chi connectivity index (χ2n) is 7.50. The molecule has 0 heterocycles. The molecule has 2 aromatic rings. The molecular formula is C19H15Cl2F5N2O4S. The number of benzene rings is 2. The van der Waals surface area contributed by atoms with Crippen molar-refractivity contribution in [3.05, 3.63) is 57.3 Å². The van der Waals surface area contributed by atoms with Crippen LogP contribution in [0.5, 0.6) is 0 Å². The van der Waals surface area contributed by atoms with E-state index in [-0.39, 0.29) is 29.4 Å². The van der Waals surface area contributed by atoms with Gasteiger partial charge in [0, 0.05) is 24.4 Å². The maximum absolute atomic E-state index is 13.4. The fourth-order valence-electron chi connectivity index (χ4n) is 3.30. The van der Waals surface area contributed by atoms with Crippen LogP contribution in [0.15, 0.2) is 29.2 Å². The highest BCUT2D eigenvalue weighted by Gasteiger charge is 2.49. The monoisotopic (exact) mass is 532 g/mol. The first-order chi connectivity index (χ1) is 15.2. The molecule has 1 amide bonds. The molecule has 33 heavy (non-hydrogen) atoms.